The first-order valence-corrected chi connectivity index (χ1v) is 8.73. The molecule has 0 atom stereocenters. The Labute approximate surface area is 141 Å². The number of aliphatic carboxylic acids is 1. The van der Waals surface area contributed by atoms with Crippen molar-refractivity contribution in [3.8, 4) is 0 Å². The van der Waals surface area contributed by atoms with Gasteiger partial charge in [-0.3, -0.25) is 0 Å². The van der Waals surface area contributed by atoms with Crippen molar-refractivity contribution < 1.29 is 19.5 Å². The standard InChI is InChI=1S/C13H22N.C6H12O3/c1-4-14(5-2,6-3)12-13-10-8-7-9-11-13;7-5-3-1-2-4-6(8)9/h7-11H,4-6,12H2,1-3H3;7H,1-5H2,(H,8,9)/q+1;/p-1. The van der Waals surface area contributed by atoms with Crippen molar-refractivity contribution in [3.05, 3.63) is 35.9 Å². The van der Waals surface area contributed by atoms with E-state index in [4.69, 9.17) is 5.11 Å². The normalized spacial score (nSPS) is 10.8. The van der Waals surface area contributed by atoms with Crippen LogP contribution in [0, 0.1) is 0 Å². The molecule has 1 rings (SSSR count). The predicted molar refractivity (Wildman–Crippen MR) is 92.6 cm³/mol. The summed E-state index contributed by atoms with van der Waals surface area (Å²) in [6.07, 6.45) is 2.18. The Balaban J connectivity index is 0.000000468. The van der Waals surface area contributed by atoms with Crippen LogP contribution in [0.3, 0.4) is 0 Å². The molecule has 132 valence electrons. The van der Waals surface area contributed by atoms with Crippen molar-refractivity contribution in [3.63, 3.8) is 0 Å². The van der Waals surface area contributed by atoms with Crippen LogP contribution < -0.4 is 5.11 Å². The number of aliphatic hydroxyl groups is 1. The van der Waals surface area contributed by atoms with Crippen LogP contribution in [0.25, 0.3) is 0 Å². The van der Waals surface area contributed by atoms with E-state index in [9.17, 15) is 9.90 Å². The van der Waals surface area contributed by atoms with Gasteiger partial charge in [0, 0.05) is 18.1 Å². The zero-order valence-electron chi connectivity index (χ0n) is 15.0. The smallest absolute Gasteiger partial charge is 0.104 e. The molecule has 0 radical (unpaired) electrons. The third-order valence-corrected chi connectivity index (χ3v) is 4.41. The first kappa shape index (κ1) is 21.6. The molecule has 0 bridgehead atoms. The number of unbranched alkanes of at least 4 members (excludes halogenated alkanes) is 2. The van der Waals surface area contributed by atoms with Gasteiger partial charge in [0.1, 0.15) is 6.54 Å². The largest absolute Gasteiger partial charge is 0.550 e. The average molecular weight is 323 g/mol. The molecule has 0 saturated carbocycles. The van der Waals surface area contributed by atoms with E-state index in [0.29, 0.717) is 12.8 Å². The number of nitrogens with zero attached hydrogens (tertiary/aromatic N) is 1. The van der Waals surface area contributed by atoms with E-state index in [1.54, 1.807) is 0 Å². The monoisotopic (exact) mass is 323 g/mol. The number of carboxylic acid groups (broad SMARTS) is 1. The zero-order valence-corrected chi connectivity index (χ0v) is 15.0. The number of rotatable bonds is 10. The van der Waals surface area contributed by atoms with E-state index >= 15 is 0 Å². The molecule has 4 nitrogen and oxygen atoms in total. The summed E-state index contributed by atoms with van der Waals surface area (Å²) in [6.45, 7) is 11.9. The molecule has 4 heteroatoms. The van der Waals surface area contributed by atoms with Gasteiger partial charge in [-0.1, -0.05) is 36.8 Å². The molecule has 0 aliphatic heterocycles. The van der Waals surface area contributed by atoms with Gasteiger partial charge in [-0.05, 0) is 40.0 Å². The van der Waals surface area contributed by atoms with Crippen molar-refractivity contribution in [1.82, 2.24) is 0 Å². The highest BCUT2D eigenvalue weighted by atomic mass is 16.4. The van der Waals surface area contributed by atoms with Crippen molar-refractivity contribution in [2.45, 2.75) is 53.0 Å². The highest BCUT2D eigenvalue weighted by molar-refractivity contribution is 5.63. The second-order valence-electron chi connectivity index (χ2n) is 5.84. The SMILES string of the molecule is CC[N+](CC)(CC)Cc1ccccc1.O=C([O-])CCCCCO. The summed E-state index contributed by atoms with van der Waals surface area (Å²) in [4.78, 5) is 9.79. The van der Waals surface area contributed by atoms with Crippen molar-refractivity contribution in [1.29, 1.82) is 0 Å². The minimum Gasteiger partial charge on any atom is -0.550 e. The second-order valence-corrected chi connectivity index (χ2v) is 5.84. The number of quaternary nitrogens is 1. The molecular formula is C19H33NO3. The van der Waals surface area contributed by atoms with Crippen LogP contribution >= 0.6 is 0 Å². The Morgan fingerprint density at radius 3 is 2.00 bits per heavy atom. The molecule has 0 aromatic heterocycles. The molecule has 0 amide bonds. The fourth-order valence-electron chi connectivity index (χ4n) is 2.53. The van der Waals surface area contributed by atoms with Gasteiger partial charge in [0.15, 0.2) is 0 Å². The average Bonchev–Trinajstić information content (AvgIpc) is 2.58. The van der Waals surface area contributed by atoms with Crippen LogP contribution in [0.5, 0.6) is 0 Å². The van der Waals surface area contributed by atoms with Crippen LogP contribution in [0.2, 0.25) is 0 Å². The van der Waals surface area contributed by atoms with Crippen molar-refractivity contribution in [2.24, 2.45) is 0 Å². The summed E-state index contributed by atoms with van der Waals surface area (Å²) in [7, 11) is 0. The molecule has 0 aliphatic carbocycles. The summed E-state index contributed by atoms with van der Waals surface area (Å²) in [5.41, 5.74) is 1.46. The minimum atomic E-state index is -1.01. The van der Waals surface area contributed by atoms with Crippen LogP contribution in [0.1, 0.15) is 52.0 Å². The summed E-state index contributed by atoms with van der Waals surface area (Å²) in [5, 5.41) is 18.1. The second kappa shape index (κ2) is 13.1. The third kappa shape index (κ3) is 10.1. The van der Waals surface area contributed by atoms with E-state index in [1.807, 2.05) is 0 Å². The van der Waals surface area contributed by atoms with E-state index < -0.39 is 5.97 Å². The number of benzene rings is 1. The highest BCUT2D eigenvalue weighted by Gasteiger charge is 2.20. The first-order chi connectivity index (χ1) is 11.0. The van der Waals surface area contributed by atoms with Crippen molar-refractivity contribution in [2.75, 3.05) is 26.2 Å². The maximum absolute atomic E-state index is 9.79. The fourth-order valence-corrected chi connectivity index (χ4v) is 2.53. The highest BCUT2D eigenvalue weighted by Crippen LogP contribution is 2.13. The maximum Gasteiger partial charge on any atom is 0.104 e. The Hall–Kier alpha value is -1.39. The third-order valence-electron chi connectivity index (χ3n) is 4.41. The number of aliphatic hydroxyl groups excluding tert-OH is 1. The summed E-state index contributed by atoms with van der Waals surface area (Å²) < 4.78 is 1.20. The molecule has 1 N–H and O–H groups in total. The van der Waals surface area contributed by atoms with Crippen molar-refractivity contribution >= 4 is 5.97 Å². The van der Waals surface area contributed by atoms with E-state index in [2.05, 4.69) is 51.1 Å². The lowest BCUT2D eigenvalue weighted by atomic mass is 10.2. The predicted octanol–water partition coefficient (Wildman–Crippen LogP) is 2.35. The van der Waals surface area contributed by atoms with Gasteiger partial charge >= 0.3 is 0 Å². The lowest BCUT2D eigenvalue weighted by Crippen LogP contribution is -2.46. The number of carbonyl (C=O) groups is 1. The van der Waals surface area contributed by atoms with Crippen LogP contribution in [-0.2, 0) is 11.3 Å². The van der Waals surface area contributed by atoms with E-state index in [0.717, 1.165) is 6.42 Å². The van der Waals surface area contributed by atoms with Gasteiger partial charge in [0.2, 0.25) is 0 Å². The lowest BCUT2D eigenvalue weighted by Gasteiger charge is -2.35. The molecule has 0 saturated heterocycles. The Morgan fingerprint density at radius 1 is 1.00 bits per heavy atom. The zero-order chi connectivity index (χ0) is 17.6. The number of hydrogen-bond acceptors (Lipinski definition) is 3. The molecule has 23 heavy (non-hydrogen) atoms. The van der Waals surface area contributed by atoms with Gasteiger partial charge in [0.25, 0.3) is 0 Å². The van der Waals surface area contributed by atoms with Gasteiger partial charge in [-0.2, -0.15) is 0 Å². The molecule has 0 fully saturated rings. The van der Waals surface area contributed by atoms with Crippen LogP contribution in [-0.4, -0.2) is 41.8 Å². The topological polar surface area (TPSA) is 60.4 Å². The molecular weight excluding hydrogens is 290 g/mol. The Morgan fingerprint density at radius 2 is 1.57 bits per heavy atom. The van der Waals surface area contributed by atoms with Gasteiger partial charge in [-0.15, -0.1) is 0 Å². The number of carboxylic acids is 1. The Kier molecular flexibility index (Phi) is 12.3. The maximum atomic E-state index is 9.79. The van der Waals surface area contributed by atoms with Gasteiger partial charge in [-0.25, -0.2) is 0 Å². The number of carbonyl (C=O) groups excluding carboxylic acids is 1. The van der Waals surface area contributed by atoms with Gasteiger partial charge in [0.05, 0.1) is 19.6 Å². The fraction of sp³-hybridized carbons (Fsp3) is 0.632. The molecule has 0 aliphatic rings. The molecule has 1 aromatic rings. The van der Waals surface area contributed by atoms with Crippen LogP contribution in [0.15, 0.2) is 30.3 Å². The Bertz CT molecular complexity index is 394. The lowest BCUT2D eigenvalue weighted by molar-refractivity contribution is -0.936. The number of hydrogen-bond donors (Lipinski definition) is 1. The van der Waals surface area contributed by atoms with E-state index in [1.165, 1.54) is 36.2 Å². The first-order valence-electron chi connectivity index (χ1n) is 8.73. The summed E-state index contributed by atoms with van der Waals surface area (Å²) in [6, 6.07) is 10.8. The van der Waals surface area contributed by atoms with Gasteiger partial charge < -0.3 is 19.5 Å². The summed E-state index contributed by atoms with van der Waals surface area (Å²) in [5.74, 6) is -1.01. The minimum absolute atomic E-state index is 0.111. The van der Waals surface area contributed by atoms with Crippen LogP contribution in [0.4, 0.5) is 0 Å². The molecule has 0 heterocycles. The quantitative estimate of drug-likeness (QED) is 0.531. The molecule has 0 spiro atoms. The summed E-state index contributed by atoms with van der Waals surface area (Å²) >= 11 is 0. The molecule has 0 unspecified atom stereocenters. The molecule has 1 aromatic carbocycles. The van der Waals surface area contributed by atoms with E-state index in [-0.39, 0.29) is 13.0 Å².